The van der Waals surface area contributed by atoms with Gasteiger partial charge in [-0.05, 0) is 6.07 Å². The van der Waals surface area contributed by atoms with E-state index in [4.69, 9.17) is 11.6 Å². The van der Waals surface area contributed by atoms with E-state index in [1.807, 2.05) is 0 Å². The second-order valence-corrected chi connectivity index (χ2v) is 3.48. The number of rotatable bonds is 0. The summed E-state index contributed by atoms with van der Waals surface area (Å²) in [7, 11) is 0. The van der Waals surface area contributed by atoms with E-state index in [9.17, 15) is 17.6 Å². The van der Waals surface area contributed by atoms with Gasteiger partial charge in [0.2, 0.25) is 0 Å². The number of alkyl halides is 3. The van der Waals surface area contributed by atoms with Crippen molar-refractivity contribution in [3.8, 4) is 0 Å². The number of halogens is 5. The van der Waals surface area contributed by atoms with Crippen molar-refractivity contribution in [1.29, 1.82) is 0 Å². The second kappa shape index (κ2) is 3.59. The number of nitrogens with zero attached hydrogens (tertiary/aromatic N) is 1. The zero-order chi connectivity index (χ0) is 11.9. The van der Waals surface area contributed by atoms with Crippen molar-refractivity contribution < 1.29 is 17.6 Å². The van der Waals surface area contributed by atoms with Gasteiger partial charge < -0.3 is 0 Å². The predicted octanol–water partition coefficient (Wildman–Crippen LogP) is 4.05. The minimum atomic E-state index is -4.58. The average Bonchev–Trinajstić information content (AvgIpc) is 2.16. The van der Waals surface area contributed by atoms with Gasteiger partial charge in [-0.3, -0.25) is 0 Å². The van der Waals surface area contributed by atoms with Gasteiger partial charge in [-0.25, -0.2) is 9.37 Å². The van der Waals surface area contributed by atoms with Crippen LogP contribution in [0.4, 0.5) is 17.6 Å². The Balaban J connectivity index is 2.90. The summed E-state index contributed by atoms with van der Waals surface area (Å²) < 4.78 is 51.1. The summed E-state index contributed by atoms with van der Waals surface area (Å²) in [5.41, 5.74) is -0.994. The zero-order valence-corrected chi connectivity index (χ0v) is 8.40. The largest absolute Gasteiger partial charge is 0.418 e. The number of hydrogen-bond acceptors (Lipinski definition) is 1. The number of benzene rings is 1. The summed E-state index contributed by atoms with van der Waals surface area (Å²) in [6, 6.07) is 3.40. The van der Waals surface area contributed by atoms with Gasteiger partial charge in [0.15, 0.2) is 0 Å². The monoisotopic (exact) mass is 249 g/mol. The molecule has 1 nitrogen and oxygen atoms in total. The molecule has 6 heteroatoms. The fraction of sp³-hybridized carbons (Fsp3) is 0.100. The molecular weight excluding hydrogens is 246 g/mol. The van der Waals surface area contributed by atoms with Crippen LogP contribution in [0.5, 0.6) is 0 Å². The Kier molecular flexibility index (Phi) is 2.50. The Morgan fingerprint density at radius 2 is 1.88 bits per heavy atom. The Bertz CT molecular complexity index is 542. The Hall–Kier alpha value is -1.36. The smallest absolute Gasteiger partial charge is 0.243 e. The Morgan fingerprint density at radius 1 is 1.19 bits per heavy atom. The lowest BCUT2D eigenvalue weighted by Crippen LogP contribution is -2.07. The van der Waals surface area contributed by atoms with Gasteiger partial charge in [-0.1, -0.05) is 23.7 Å². The predicted molar refractivity (Wildman–Crippen MR) is 51.7 cm³/mol. The van der Waals surface area contributed by atoms with Crippen LogP contribution in [0.25, 0.3) is 10.8 Å². The van der Waals surface area contributed by atoms with Crippen LogP contribution in [-0.4, -0.2) is 4.98 Å². The van der Waals surface area contributed by atoms with Gasteiger partial charge in [-0.15, -0.1) is 0 Å². The molecule has 0 aliphatic heterocycles. The molecule has 0 saturated carbocycles. The Morgan fingerprint density at radius 3 is 2.50 bits per heavy atom. The molecule has 0 aliphatic carbocycles. The lowest BCUT2D eigenvalue weighted by molar-refractivity contribution is -0.136. The van der Waals surface area contributed by atoms with Gasteiger partial charge in [0.25, 0.3) is 0 Å². The normalized spacial score (nSPS) is 12.1. The van der Waals surface area contributed by atoms with E-state index < -0.39 is 17.6 Å². The summed E-state index contributed by atoms with van der Waals surface area (Å²) >= 11 is 5.57. The first-order valence-electron chi connectivity index (χ1n) is 4.21. The number of aromatic nitrogens is 1. The maximum Gasteiger partial charge on any atom is 0.418 e. The zero-order valence-electron chi connectivity index (χ0n) is 7.65. The molecule has 1 heterocycles. The molecule has 2 rings (SSSR count). The molecule has 0 spiro atoms. The molecule has 1 aromatic carbocycles. The van der Waals surface area contributed by atoms with E-state index in [-0.39, 0.29) is 15.9 Å². The molecule has 0 bridgehead atoms. The molecular formula is C10H4ClF4N. The number of hydrogen-bond donors (Lipinski definition) is 0. The molecule has 84 valence electrons. The fourth-order valence-electron chi connectivity index (χ4n) is 1.44. The van der Waals surface area contributed by atoms with E-state index in [2.05, 4.69) is 4.98 Å². The molecule has 16 heavy (non-hydrogen) atoms. The molecule has 0 amide bonds. The van der Waals surface area contributed by atoms with Crippen molar-refractivity contribution in [3.63, 3.8) is 0 Å². The van der Waals surface area contributed by atoms with Crippen LogP contribution in [-0.2, 0) is 6.18 Å². The van der Waals surface area contributed by atoms with Crippen molar-refractivity contribution in [1.82, 2.24) is 4.98 Å². The van der Waals surface area contributed by atoms with E-state index in [1.165, 1.54) is 6.07 Å². The van der Waals surface area contributed by atoms with Crippen LogP contribution in [0.2, 0.25) is 5.15 Å². The highest BCUT2D eigenvalue weighted by molar-refractivity contribution is 6.34. The van der Waals surface area contributed by atoms with Gasteiger partial charge in [0.1, 0.15) is 11.0 Å². The van der Waals surface area contributed by atoms with Gasteiger partial charge in [-0.2, -0.15) is 13.2 Å². The average molecular weight is 250 g/mol. The van der Waals surface area contributed by atoms with E-state index in [0.717, 1.165) is 12.1 Å². The first-order chi connectivity index (χ1) is 7.41. The number of fused-ring (bicyclic) bond motifs is 1. The van der Waals surface area contributed by atoms with Crippen LogP contribution < -0.4 is 0 Å². The summed E-state index contributed by atoms with van der Waals surface area (Å²) in [5.74, 6) is -0.818. The summed E-state index contributed by atoms with van der Waals surface area (Å²) in [5, 5.41) is -0.868. The van der Waals surface area contributed by atoms with Crippen LogP contribution in [0.3, 0.4) is 0 Å². The first-order valence-corrected chi connectivity index (χ1v) is 4.59. The van der Waals surface area contributed by atoms with Crippen molar-refractivity contribution in [2.75, 3.05) is 0 Å². The van der Waals surface area contributed by atoms with Crippen LogP contribution >= 0.6 is 11.6 Å². The van der Waals surface area contributed by atoms with Crippen LogP contribution in [0.15, 0.2) is 24.4 Å². The summed E-state index contributed by atoms with van der Waals surface area (Å²) in [6.45, 7) is 0. The SMILES string of the molecule is Fc1cccc2c(C(F)(F)F)cnc(Cl)c12. The molecule has 2 aromatic rings. The summed E-state index contributed by atoms with van der Waals surface area (Å²) in [4.78, 5) is 3.34. The van der Waals surface area contributed by atoms with Crippen molar-refractivity contribution in [3.05, 3.63) is 40.9 Å². The third kappa shape index (κ3) is 1.71. The van der Waals surface area contributed by atoms with Crippen molar-refractivity contribution >= 4 is 22.4 Å². The third-order valence-electron chi connectivity index (χ3n) is 2.12. The van der Waals surface area contributed by atoms with E-state index >= 15 is 0 Å². The maximum atomic E-state index is 13.3. The van der Waals surface area contributed by atoms with E-state index in [1.54, 1.807) is 0 Å². The molecule has 0 atom stereocenters. The van der Waals surface area contributed by atoms with Crippen molar-refractivity contribution in [2.45, 2.75) is 6.18 Å². The fourth-order valence-corrected chi connectivity index (χ4v) is 1.68. The quantitative estimate of drug-likeness (QED) is 0.507. The molecule has 0 saturated heterocycles. The topological polar surface area (TPSA) is 12.9 Å². The first kappa shape index (κ1) is 11.1. The third-order valence-corrected chi connectivity index (χ3v) is 2.41. The van der Waals surface area contributed by atoms with E-state index in [0.29, 0.717) is 6.20 Å². The Labute approximate surface area is 92.7 Å². The maximum absolute atomic E-state index is 13.3. The van der Waals surface area contributed by atoms with Gasteiger partial charge in [0.05, 0.1) is 10.9 Å². The standard InChI is InChI=1S/C10H4ClF4N/c11-9-8-5(2-1-3-7(8)12)6(4-16-9)10(13,14)15/h1-4H. The van der Waals surface area contributed by atoms with Gasteiger partial charge >= 0.3 is 6.18 Å². The molecule has 0 fully saturated rings. The molecule has 1 aromatic heterocycles. The second-order valence-electron chi connectivity index (χ2n) is 3.12. The molecule has 0 N–H and O–H groups in total. The highest BCUT2D eigenvalue weighted by Gasteiger charge is 2.33. The summed E-state index contributed by atoms with van der Waals surface area (Å²) in [6.07, 6.45) is -3.98. The molecule has 0 unspecified atom stereocenters. The lowest BCUT2D eigenvalue weighted by Gasteiger charge is -2.10. The number of pyridine rings is 1. The van der Waals surface area contributed by atoms with Crippen LogP contribution in [0, 0.1) is 5.82 Å². The highest BCUT2D eigenvalue weighted by Crippen LogP contribution is 2.36. The van der Waals surface area contributed by atoms with Gasteiger partial charge in [0, 0.05) is 11.6 Å². The molecule has 0 radical (unpaired) electrons. The minimum Gasteiger partial charge on any atom is -0.243 e. The molecule has 0 aliphatic rings. The van der Waals surface area contributed by atoms with Crippen LogP contribution in [0.1, 0.15) is 5.56 Å². The highest BCUT2D eigenvalue weighted by atomic mass is 35.5. The van der Waals surface area contributed by atoms with Crippen molar-refractivity contribution in [2.24, 2.45) is 0 Å². The minimum absolute atomic E-state index is 0.277. The lowest BCUT2D eigenvalue weighted by atomic mass is 10.1.